The maximum absolute atomic E-state index is 12.7. The standard InChI is InChI=1S/C25H28N2O2/c1-2-17-29-24-10-6-3-7-20(24)11-12-25(28)27-15-13-19(14-16-27)22-18-26-23-9-5-4-8-21(22)23/h3-12,18-19,26H,2,13-17H2,1H3/b12-11+. The van der Waals surface area contributed by atoms with Crippen molar-refractivity contribution in [3.8, 4) is 5.75 Å². The second-order valence-electron chi connectivity index (χ2n) is 7.61. The molecule has 0 aliphatic carbocycles. The van der Waals surface area contributed by atoms with E-state index in [1.165, 1.54) is 16.5 Å². The molecule has 1 aliphatic heterocycles. The summed E-state index contributed by atoms with van der Waals surface area (Å²) < 4.78 is 5.78. The van der Waals surface area contributed by atoms with Crippen LogP contribution in [0.25, 0.3) is 17.0 Å². The molecule has 1 aromatic heterocycles. The van der Waals surface area contributed by atoms with Crippen molar-refractivity contribution >= 4 is 22.9 Å². The van der Waals surface area contributed by atoms with Gasteiger partial charge in [0.25, 0.3) is 0 Å². The van der Waals surface area contributed by atoms with E-state index < -0.39 is 0 Å². The quantitative estimate of drug-likeness (QED) is 0.577. The number of nitrogens with zero attached hydrogens (tertiary/aromatic N) is 1. The highest BCUT2D eigenvalue weighted by molar-refractivity contribution is 5.92. The summed E-state index contributed by atoms with van der Waals surface area (Å²) >= 11 is 0. The molecular weight excluding hydrogens is 360 g/mol. The number of fused-ring (bicyclic) bond motifs is 1. The van der Waals surface area contributed by atoms with E-state index in [2.05, 4.69) is 42.4 Å². The summed E-state index contributed by atoms with van der Waals surface area (Å²) in [5.74, 6) is 1.41. The zero-order valence-corrected chi connectivity index (χ0v) is 16.9. The van der Waals surface area contributed by atoms with Gasteiger partial charge in [0.1, 0.15) is 5.75 Å². The lowest BCUT2D eigenvalue weighted by atomic mass is 9.89. The summed E-state index contributed by atoms with van der Waals surface area (Å²) in [6.07, 6.45) is 8.65. The number of rotatable bonds is 6. The summed E-state index contributed by atoms with van der Waals surface area (Å²) in [7, 11) is 0. The van der Waals surface area contributed by atoms with Crippen LogP contribution >= 0.6 is 0 Å². The van der Waals surface area contributed by atoms with Crippen molar-refractivity contribution in [2.45, 2.75) is 32.1 Å². The van der Waals surface area contributed by atoms with Gasteiger partial charge < -0.3 is 14.6 Å². The Bertz CT molecular complexity index is 997. The van der Waals surface area contributed by atoms with E-state index in [-0.39, 0.29) is 5.91 Å². The first-order valence-corrected chi connectivity index (χ1v) is 10.5. The summed E-state index contributed by atoms with van der Waals surface area (Å²) in [6, 6.07) is 16.3. The molecule has 1 N–H and O–H groups in total. The number of carbonyl (C=O) groups is 1. The predicted molar refractivity (Wildman–Crippen MR) is 118 cm³/mol. The molecule has 0 radical (unpaired) electrons. The number of aromatic nitrogens is 1. The molecule has 1 aliphatic rings. The number of hydrogen-bond acceptors (Lipinski definition) is 2. The third kappa shape index (κ3) is 4.37. The molecule has 4 heteroatoms. The Balaban J connectivity index is 1.38. The highest BCUT2D eigenvalue weighted by atomic mass is 16.5. The molecule has 2 aromatic carbocycles. The Morgan fingerprint density at radius 2 is 1.90 bits per heavy atom. The molecule has 0 atom stereocenters. The number of H-pyrrole nitrogens is 1. The minimum absolute atomic E-state index is 0.0765. The monoisotopic (exact) mass is 388 g/mol. The second kappa shape index (κ2) is 8.99. The lowest BCUT2D eigenvalue weighted by Crippen LogP contribution is -2.36. The van der Waals surface area contributed by atoms with Crippen LogP contribution in [-0.2, 0) is 4.79 Å². The molecule has 150 valence electrons. The van der Waals surface area contributed by atoms with Gasteiger partial charge in [0.2, 0.25) is 5.91 Å². The Labute approximate surface area is 172 Å². The van der Waals surface area contributed by atoms with Crippen LogP contribution in [0.2, 0.25) is 0 Å². The molecule has 1 amide bonds. The van der Waals surface area contributed by atoms with Crippen molar-refractivity contribution in [2.75, 3.05) is 19.7 Å². The van der Waals surface area contributed by atoms with Gasteiger partial charge in [-0.05, 0) is 49.0 Å². The van der Waals surface area contributed by atoms with Gasteiger partial charge in [0.05, 0.1) is 6.61 Å². The fourth-order valence-corrected chi connectivity index (χ4v) is 4.07. The fraction of sp³-hybridized carbons (Fsp3) is 0.320. The third-order valence-corrected chi connectivity index (χ3v) is 5.65. The van der Waals surface area contributed by atoms with Gasteiger partial charge in [-0.15, -0.1) is 0 Å². The summed E-state index contributed by atoms with van der Waals surface area (Å²) in [5.41, 5.74) is 3.51. The minimum Gasteiger partial charge on any atom is -0.493 e. The highest BCUT2D eigenvalue weighted by Crippen LogP contribution is 2.33. The van der Waals surface area contributed by atoms with Crippen LogP contribution in [0.4, 0.5) is 0 Å². The molecule has 4 nitrogen and oxygen atoms in total. The van der Waals surface area contributed by atoms with Crippen molar-refractivity contribution in [1.82, 2.24) is 9.88 Å². The number of carbonyl (C=O) groups excluding carboxylic acids is 1. The smallest absolute Gasteiger partial charge is 0.246 e. The predicted octanol–water partition coefficient (Wildman–Crippen LogP) is 5.38. The molecule has 1 saturated heterocycles. The number of benzene rings is 2. The summed E-state index contributed by atoms with van der Waals surface area (Å²) in [6.45, 7) is 4.35. The Morgan fingerprint density at radius 1 is 1.14 bits per heavy atom. The second-order valence-corrected chi connectivity index (χ2v) is 7.61. The summed E-state index contributed by atoms with van der Waals surface area (Å²) in [4.78, 5) is 18.0. The van der Waals surface area contributed by atoms with Crippen LogP contribution in [0, 0.1) is 0 Å². The van der Waals surface area contributed by atoms with Crippen LogP contribution in [-0.4, -0.2) is 35.5 Å². The molecule has 1 fully saturated rings. The zero-order valence-electron chi connectivity index (χ0n) is 16.9. The lowest BCUT2D eigenvalue weighted by Gasteiger charge is -2.31. The van der Waals surface area contributed by atoms with Gasteiger partial charge >= 0.3 is 0 Å². The normalized spacial score (nSPS) is 15.3. The van der Waals surface area contributed by atoms with Gasteiger partial charge in [-0.2, -0.15) is 0 Å². The Kier molecular flexibility index (Phi) is 5.99. The number of likely N-dealkylation sites (tertiary alicyclic amines) is 1. The molecule has 29 heavy (non-hydrogen) atoms. The maximum atomic E-state index is 12.7. The number of para-hydroxylation sites is 2. The Morgan fingerprint density at radius 3 is 2.72 bits per heavy atom. The van der Waals surface area contributed by atoms with E-state index in [0.717, 1.165) is 43.7 Å². The van der Waals surface area contributed by atoms with Crippen LogP contribution in [0.1, 0.15) is 43.2 Å². The molecule has 0 spiro atoms. The Hall–Kier alpha value is -3.01. The highest BCUT2D eigenvalue weighted by Gasteiger charge is 2.24. The number of piperidine rings is 1. The molecule has 0 unspecified atom stereocenters. The molecule has 0 bridgehead atoms. The van der Waals surface area contributed by atoms with Crippen molar-refractivity contribution in [1.29, 1.82) is 0 Å². The third-order valence-electron chi connectivity index (χ3n) is 5.65. The van der Waals surface area contributed by atoms with Crippen LogP contribution in [0.15, 0.2) is 60.8 Å². The number of amides is 1. The van der Waals surface area contributed by atoms with Crippen LogP contribution in [0.5, 0.6) is 5.75 Å². The molecular formula is C25H28N2O2. The fourth-order valence-electron chi connectivity index (χ4n) is 4.07. The minimum atomic E-state index is 0.0765. The first kappa shape index (κ1) is 19.3. The van der Waals surface area contributed by atoms with E-state index in [0.29, 0.717) is 12.5 Å². The number of nitrogens with one attached hydrogen (secondary N) is 1. The van der Waals surface area contributed by atoms with Crippen LogP contribution < -0.4 is 4.74 Å². The van der Waals surface area contributed by atoms with Gasteiger partial charge in [-0.1, -0.05) is 43.3 Å². The number of hydrogen-bond donors (Lipinski definition) is 1. The molecule has 3 aromatic rings. The molecule has 2 heterocycles. The van der Waals surface area contributed by atoms with E-state index in [1.54, 1.807) is 6.08 Å². The topological polar surface area (TPSA) is 45.3 Å². The summed E-state index contributed by atoms with van der Waals surface area (Å²) in [5, 5.41) is 1.31. The van der Waals surface area contributed by atoms with E-state index in [4.69, 9.17) is 4.74 Å². The van der Waals surface area contributed by atoms with Gasteiger partial charge in [-0.3, -0.25) is 4.79 Å². The molecule has 4 rings (SSSR count). The van der Waals surface area contributed by atoms with Crippen molar-refractivity contribution in [3.63, 3.8) is 0 Å². The number of ether oxygens (including phenoxy) is 1. The number of aromatic amines is 1. The van der Waals surface area contributed by atoms with Crippen molar-refractivity contribution in [3.05, 3.63) is 71.9 Å². The van der Waals surface area contributed by atoms with E-state index in [1.807, 2.05) is 35.2 Å². The van der Waals surface area contributed by atoms with Gasteiger partial charge in [-0.25, -0.2) is 0 Å². The SMILES string of the molecule is CCCOc1ccccc1/C=C/C(=O)N1CCC(c2c[nH]c3ccccc23)CC1. The van der Waals surface area contributed by atoms with E-state index in [9.17, 15) is 4.79 Å². The van der Waals surface area contributed by atoms with Gasteiger partial charge in [0, 0.05) is 41.8 Å². The van der Waals surface area contributed by atoms with E-state index >= 15 is 0 Å². The first-order chi connectivity index (χ1) is 14.3. The lowest BCUT2D eigenvalue weighted by molar-refractivity contribution is -0.126. The average Bonchev–Trinajstić information content (AvgIpc) is 3.21. The van der Waals surface area contributed by atoms with Crippen molar-refractivity contribution < 1.29 is 9.53 Å². The maximum Gasteiger partial charge on any atom is 0.246 e. The van der Waals surface area contributed by atoms with Crippen molar-refractivity contribution in [2.24, 2.45) is 0 Å². The molecule has 0 saturated carbocycles. The average molecular weight is 389 g/mol. The first-order valence-electron chi connectivity index (χ1n) is 10.5. The van der Waals surface area contributed by atoms with Crippen LogP contribution in [0.3, 0.4) is 0 Å². The zero-order chi connectivity index (χ0) is 20.1. The van der Waals surface area contributed by atoms with Gasteiger partial charge in [0.15, 0.2) is 0 Å². The largest absolute Gasteiger partial charge is 0.493 e.